The van der Waals surface area contributed by atoms with Crippen LogP contribution >= 0.6 is 0 Å². The number of ether oxygens (including phenoxy) is 1. The largest absolute Gasteiger partial charge is 0.496 e. The molecule has 2 rings (SSSR count). The van der Waals surface area contributed by atoms with E-state index in [-0.39, 0.29) is 11.0 Å². The van der Waals surface area contributed by atoms with Crippen LogP contribution in [0.25, 0.3) is 5.57 Å². The van der Waals surface area contributed by atoms with Gasteiger partial charge in [-0.15, -0.1) is 0 Å². The van der Waals surface area contributed by atoms with E-state index in [1.165, 1.54) is 17.6 Å². The third-order valence-corrected chi connectivity index (χ3v) is 5.13. The maximum atomic E-state index is 11.3. The highest BCUT2D eigenvalue weighted by Crippen LogP contribution is 2.49. The highest BCUT2D eigenvalue weighted by atomic mass is 16.5. The van der Waals surface area contributed by atoms with Gasteiger partial charge in [0.25, 0.3) is 0 Å². The zero-order valence-electron chi connectivity index (χ0n) is 15.9. The van der Waals surface area contributed by atoms with Gasteiger partial charge in [0.1, 0.15) is 5.75 Å². The minimum absolute atomic E-state index is 0.0540. The number of benzene rings is 1. The number of carboxylic acid groups (broad SMARTS) is 1. The van der Waals surface area contributed by atoms with Gasteiger partial charge in [-0.3, -0.25) is 0 Å². The topological polar surface area (TPSA) is 46.5 Å². The molecule has 0 saturated carbocycles. The fourth-order valence-corrected chi connectivity index (χ4v) is 3.85. The lowest BCUT2D eigenvalue weighted by Gasteiger charge is -2.37. The molecule has 1 aromatic carbocycles. The molecule has 0 aliphatic heterocycles. The molecule has 0 unspecified atom stereocenters. The Labute approximate surface area is 150 Å². The van der Waals surface area contributed by atoms with E-state index in [0.717, 1.165) is 29.6 Å². The highest BCUT2D eigenvalue weighted by Gasteiger charge is 2.33. The van der Waals surface area contributed by atoms with Gasteiger partial charge in [-0.1, -0.05) is 32.1 Å². The van der Waals surface area contributed by atoms with Gasteiger partial charge < -0.3 is 9.84 Å². The minimum Gasteiger partial charge on any atom is -0.496 e. The zero-order chi connectivity index (χ0) is 18.8. The SMILES string of the molecule is C=C/C(C)=C(\C1=C(C)CCCC1(C)C)c1ccc(C(=O)O)cc1OC. The molecule has 0 fully saturated rings. The van der Waals surface area contributed by atoms with Gasteiger partial charge in [-0.2, -0.15) is 0 Å². The lowest BCUT2D eigenvalue weighted by atomic mass is 9.68. The van der Waals surface area contributed by atoms with Crippen LogP contribution in [0.3, 0.4) is 0 Å². The summed E-state index contributed by atoms with van der Waals surface area (Å²) in [7, 11) is 1.58. The van der Waals surface area contributed by atoms with Crippen LogP contribution < -0.4 is 4.74 Å². The first-order valence-corrected chi connectivity index (χ1v) is 8.68. The monoisotopic (exact) mass is 340 g/mol. The van der Waals surface area contributed by atoms with Crippen molar-refractivity contribution in [2.75, 3.05) is 7.11 Å². The number of hydrogen-bond donors (Lipinski definition) is 1. The van der Waals surface area contributed by atoms with Gasteiger partial charge in [-0.05, 0) is 73.4 Å². The second-order valence-corrected chi connectivity index (χ2v) is 7.38. The Kier molecular flexibility index (Phi) is 5.56. The van der Waals surface area contributed by atoms with Crippen molar-refractivity contribution in [2.45, 2.75) is 47.0 Å². The first-order valence-electron chi connectivity index (χ1n) is 8.68. The lowest BCUT2D eigenvalue weighted by Crippen LogP contribution is -2.22. The summed E-state index contributed by atoms with van der Waals surface area (Å²) in [6.07, 6.45) is 5.27. The van der Waals surface area contributed by atoms with E-state index in [0.29, 0.717) is 5.75 Å². The van der Waals surface area contributed by atoms with Crippen LogP contribution in [-0.2, 0) is 0 Å². The van der Waals surface area contributed by atoms with Crippen LogP contribution in [0.1, 0.15) is 62.9 Å². The van der Waals surface area contributed by atoms with E-state index in [1.807, 2.05) is 12.1 Å². The Bertz CT molecular complexity index is 763. The second kappa shape index (κ2) is 7.30. The Morgan fingerprint density at radius 3 is 2.56 bits per heavy atom. The van der Waals surface area contributed by atoms with Crippen molar-refractivity contribution in [2.24, 2.45) is 5.41 Å². The molecule has 25 heavy (non-hydrogen) atoms. The molecule has 3 heteroatoms. The third kappa shape index (κ3) is 3.71. The molecule has 3 nitrogen and oxygen atoms in total. The molecular weight excluding hydrogens is 312 g/mol. The lowest BCUT2D eigenvalue weighted by molar-refractivity contribution is 0.0696. The standard InChI is InChI=1S/C22H28O3/c1-7-14(2)19(20-15(3)9-8-12-22(20,4)5)17-11-10-16(21(23)24)13-18(17)25-6/h7,10-11,13H,1,8-9,12H2,2-6H3,(H,23,24)/b19-14-. The van der Waals surface area contributed by atoms with E-state index in [1.54, 1.807) is 19.2 Å². The molecule has 0 aromatic heterocycles. The molecule has 1 aliphatic carbocycles. The minimum atomic E-state index is -0.954. The molecule has 1 aromatic rings. The maximum absolute atomic E-state index is 11.3. The van der Waals surface area contributed by atoms with Crippen LogP contribution in [0.4, 0.5) is 0 Å². The molecule has 0 spiro atoms. The number of carbonyl (C=O) groups is 1. The van der Waals surface area contributed by atoms with E-state index >= 15 is 0 Å². The quantitative estimate of drug-likeness (QED) is 0.681. The Morgan fingerprint density at radius 1 is 1.36 bits per heavy atom. The summed E-state index contributed by atoms with van der Waals surface area (Å²) >= 11 is 0. The predicted octanol–water partition coefficient (Wildman–Crippen LogP) is 5.88. The van der Waals surface area contributed by atoms with Crippen molar-refractivity contribution >= 4 is 11.5 Å². The van der Waals surface area contributed by atoms with Crippen molar-refractivity contribution < 1.29 is 14.6 Å². The van der Waals surface area contributed by atoms with Crippen molar-refractivity contribution in [3.05, 3.63) is 58.7 Å². The molecule has 134 valence electrons. The maximum Gasteiger partial charge on any atom is 0.335 e. The molecule has 0 atom stereocenters. The number of allylic oxidation sites excluding steroid dienone is 5. The van der Waals surface area contributed by atoms with Crippen molar-refractivity contribution in [3.8, 4) is 5.75 Å². The fourth-order valence-electron chi connectivity index (χ4n) is 3.85. The summed E-state index contributed by atoms with van der Waals surface area (Å²) in [5.74, 6) is -0.373. The average molecular weight is 340 g/mol. The van der Waals surface area contributed by atoms with Crippen LogP contribution in [0.5, 0.6) is 5.75 Å². The Morgan fingerprint density at radius 2 is 2.04 bits per heavy atom. The smallest absolute Gasteiger partial charge is 0.335 e. The molecule has 1 aliphatic rings. The van der Waals surface area contributed by atoms with Gasteiger partial charge in [-0.25, -0.2) is 4.79 Å². The van der Waals surface area contributed by atoms with Crippen LogP contribution in [0.15, 0.2) is 47.6 Å². The summed E-state index contributed by atoms with van der Waals surface area (Å²) in [5.41, 5.74) is 6.11. The van der Waals surface area contributed by atoms with Gasteiger partial charge in [0.05, 0.1) is 12.7 Å². The normalized spacial score (nSPS) is 17.8. The highest BCUT2D eigenvalue weighted by molar-refractivity contribution is 5.92. The second-order valence-electron chi connectivity index (χ2n) is 7.38. The summed E-state index contributed by atoms with van der Waals surface area (Å²) in [6.45, 7) is 12.8. The van der Waals surface area contributed by atoms with Gasteiger partial charge in [0.15, 0.2) is 0 Å². The van der Waals surface area contributed by atoms with E-state index in [9.17, 15) is 9.90 Å². The molecular formula is C22H28O3. The molecule has 0 heterocycles. The molecule has 0 bridgehead atoms. The summed E-state index contributed by atoms with van der Waals surface area (Å²) < 4.78 is 5.55. The van der Waals surface area contributed by atoms with Gasteiger partial charge >= 0.3 is 5.97 Å². The molecule has 0 saturated heterocycles. The predicted molar refractivity (Wildman–Crippen MR) is 103 cm³/mol. The van der Waals surface area contributed by atoms with Crippen LogP contribution in [0.2, 0.25) is 0 Å². The Hall–Kier alpha value is -2.29. The molecule has 1 N–H and O–H groups in total. The number of aromatic carboxylic acids is 1. The van der Waals surface area contributed by atoms with Crippen LogP contribution in [0, 0.1) is 5.41 Å². The van der Waals surface area contributed by atoms with Crippen molar-refractivity contribution in [3.63, 3.8) is 0 Å². The number of hydrogen-bond acceptors (Lipinski definition) is 2. The summed E-state index contributed by atoms with van der Waals surface area (Å²) in [6, 6.07) is 5.09. The number of rotatable bonds is 5. The zero-order valence-corrected chi connectivity index (χ0v) is 15.9. The van der Waals surface area contributed by atoms with E-state index in [4.69, 9.17) is 4.74 Å². The summed E-state index contributed by atoms with van der Waals surface area (Å²) in [4.78, 5) is 11.3. The third-order valence-electron chi connectivity index (χ3n) is 5.13. The first kappa shape index (κ1) is 19.0. The van der Waals surface area contributed by atoms with Crippen molar-refractivity contribution in [1.29, 1.82) is 0 Å². The number of methoxy groups -OCH3 is 1. The molecule has 0 amide bonds. The van der Waals surface area contributed by atoms with Crippen molar-refractivity contribution in [1.82, 2.24) is 0 Å². The van der Waals surface area contributed by atoms with Gasteiger partial charge in [0, 0.05) is 5.56 Å². The average Bonchev–Trinajstić information content (AvgIpc) is 2.56. The van der Waals surface area contributed by atoms with Gasteiger partial charge in [0.2, 0.25) is 0 Å². The fraction of sp³-hybridized carbons (Fsp3) is 0.409. The number of carboxylic acids is 1. The Balaban J connectivity index is 2.78. The van der Waals surface area contributed by atoms with E-state index < -0.39 is 5.97 Å². The first-order chi connectivity index (χ1) is 11.7. The van der Waals surface area contributed by atoms with E-state index in [2.05, 4.69) is 34.3 Å². The molecule has 0 radical (unpaired) electrons. The van der Waals surface area contributed by atoms with Crippen LogP contribution in [-0.4, -0.2) is 18.2 Å². The summed E-state index contributed by atoms with van der Waals surface area (Å²) in [5, 5.41) is 9.27.